The molecule has 1 N–H and O–H groups in total. The average molecular weight is 532 g/mol. The Morgan fingerprint density at radius 3 is 2.56 bits per heavy atom. The van der Waals surface area contributed by atoms with Crippen molar-refractivity contribution < 1.29 is 12.8 Å². The van der Waals surface area contributed by atoms with E-state index in [-0.39, 0.29) is 22.4 Å². The number of halogens is 1. The zero-order valence-electron chi connectivity index (χ0n) is 21.5. The fourth-order valence-corrected chi connectivity index (χ4v) is 6.93. The Morgan fingerprint density at radius 1 is 1.19 bits per heavy atom. The molecule has 1 aliphatic rings. The van der Waals surface area contributed by atoms with E-state index in [1.54, 1.807) is 36.6 Å². The van der Waals surface area contributed by atoms with Gasteiger partial charge in [-0.3, -0.25) is 4.72 Å². The fraction of sp³-hybridized carbons (Fsp3) is 0.500. The molecule has 1 aromatic carbocycles. The van der Waals surface area contributed by atoms with Crippen molar-refractivity contribution in [1.29, 1.82) is 0 Å². The van der Waals surface area contributed by atoms with Gasteiger partial charge >= 0.3 is 0 Å². The number of anilines is 1. The van der Waals surface area contributed by atoms with Crippen molar-refractivity contribution in [2.75, 3.05) is 23.6 Å². The maximum absolute atomic E-state index is 15.8. The normalized spacial score (nSPS) is 16.4. The van der Waals surface area contributed by atoms with E-state index in [4.69, 9.17) is 4.98 Å². The predicted molar refractivity (Wildman–Crippen MR) is 144 cm³/mol. The Kier molecular flexibility index (Phi) is 7.78. The number of sulfonamides is 1. The van der Waals surface area contributed by atoms with Crippen molar-refractivity contribution in [3.05, 3.63) is 47.1 Å². The van der Waals surface area contributed by atoms with Crippen LogP contribution in [0.1, 0.15) is 57.8 Å². The number of piperidine rings is 1. The third-order valence-electron chi connectivity index (χ3n) is 6.78. The van der Waals surface area contributed by atoms with E-state index in [1.165, 1.54) is 6.07 Å². The molecule has 3 heterocycles. The third kappa shape index (κ3) is 5.60. The summed E-state index contributed by atoms with van der Waals surface area (Å²) in [6.07, 6.45) is 4.05. The highest BCUT2D eigenvalue weighted by Crippen LogP contribution is 2.45. The molecule has 2 aromatic heterocycles. The molecule has 0 atom stereocenters. The first-order chi connectivity index (χ1) is 17.0. The SMILES string of the molecule is CCCS(=O)(=O)Nc1cccc(-c2nc(C3(C)CCN(C(C)C)CC3)sc2-c2ccnc(C)n2)c1F. The minimum Gasteiger partial charge on any atom is -0.301 e. The summed E-state index contributed by atoms with van der Waals surface area (Å²) in [4.78, 5) is 17.0. The Labute approximate surface area is 217 Å². The number of nitrogens with zero attached hydrogens (tertiary/aromatic N) is 4. The Balaban J connectivity index is 1.81. The first-order valence-electron chi connectivity index (χ1n) is 12.4. The molecule has 1 fully saturated rings. The molecule has 3 aromatic rings. The monoisotopic (exact) mass is 531 g/mol. The van der Waals surface area contributed by atoms with Crippen molar-refractivity contribution >= 4 is 27.0 Å². The van der Waals surface area contributed by atoms with Gasteiger partial charge in [-0.2, -0.15) is 0 Å². The van der Waals surface area contributed by atoms with Gasteiger partial charge in [0.15, 0.2) is 5.82 Å². The van der Waals surface area contributed by atoms with E-state index in [9.17, 15) is 8.42 Å². The lowest BCUT2D eigenvalue weighted by atomic mass is 9.80. The number of hydrogen-bond donors (Lipinski definition) is 1. The number of aromatic nitrogens is 3. The van der Waals surface area contributed by atoms with Crippen molar-refractivity contribution in [3.63, 3.8) is 0 Å². The Bertz CT molecular complexity index is 1330. The molecule has 0 amide bonds. The van der Waals surface area contributed by atoms with Crippen LogP contribution in [0.2, 0.25) is 0 Å². The summed E-state index contributed by atoms with van der Waals surface area (Å²) in [6.45, 7) is 12.2. The standard InChI is InChI=1S/C26H34FN5O2S2/c1-6-16-36(33,34)31-20-9-7-8-19(22(20)27)23-24(21-10-13-28-18(4)29-21)35-25(30-23)26(5)11-14-32(15-12-26)17(2)3/h7-10,13,17,31H,6,11-12,14-16H2,1-5H3. The molecule has 1 aliphatic heterocycles. The van der Waals surface area contributed by atoms with Gasteiger partial charge in [-0.15, -0.1) is 11.3 Å². The van der Waals surface area contributed by atoms with Gasteiger partial charge in [0, 0.05) is 23.2 Å². The molecule has 0 bridgehead atoms. The van der Waals surface area contributed by atoms with Crippen LogP contribution in [0.5, 0.6) is 0 Å². The van der Waals surface area contributed by atoms with Crippen molar-refractivity contribution in [2.24, 2.45) is 0 Å². The smallest absolute Gasteiger partial charge is 0.232 e. The van der Waals surface area contributed by atoms with Crippen LogP contribution in [-0.4, -0.2) is 53.2 Å². The summed E-state index contributed by atoms with van der Waals surface area (Å²) in [5, 5.41) is 0.948. The van der Waals surface area contributed by atoms with Crippen LogP contribution >= 0.6 is 11.3 Å². The molecular weight excluding hydrogens is 497 g/mol. The first kappa shape index (κ1) is 26.6. The Hall–Kier alpha value is -2.43. The number of likely N-dealkylation sites (tertiary alicyclic amines) is 1. The summed E-state index contributed by atoms with van der Waals surface area (Å²) in [7, 11) is -3.64. The molecule has 0 saturated carbocycles. The second kappa shape index (κ2) is 10.5. The van der Waals surface area contributed by atoms with E-state index in [2.05, 4.69) is 40.4 Å². The Morgan fingerprint density at radius 2 is 1.92 bits per heavy atom. The molecule has 1 saturated heterocycles. The molecule has 7 nitrogen and oxygen atoms in total. The van der Waals surface area contributed by atoms with Crippen LogP contribution in [0.15, 0.2) is 30.5 Å². The fourth-order valence-electron chi connectivity index (χ4n) is 4.55. The summed E-state index contributed by atoms with van der Waals surface area (Å²) in [5.74, 6) is -0.0957. The van der Waals surface area contributed by atoms with Gasteiger partial charge in [0.25, 0.3) is 0 Å². The van der Waals surface area contributed by atoms with Crippen LogP contribution < -0.4 is 4.72 Å². The summed E-state index contributed by atoms with van der Waals surface area (Å²) >= 11 is 1.54. The maximum atomic E-state index is 15.8. The molecule has 0 spiro atoms. The van der Waals surface area contributed by atoms with E-state index in [0.717, 1.165) is 35.8 Å². The molecule has 36 heavy (non-hydrogen) atoms. The summed E-state index contributed by atoms with van der Waals surface area (Å²) in [6, 6.07) is 7.04. The number of aryl methyl sites for hydroxylation is 1. The quantitative estimate of drug-likeness (QED) is 0.405. The van der Waals surface area contributed by atoms with Gasteiger partial charge in [-0.05, 0) is 71.3 Å². The number of thiazole rings is 1. The lowest BCUT2D eigenvalue weighted by Gasteiger charge is -2.40. The second-order valence-corrected chi connectivity index (χ2v) is 12.8. The van der Waals surface area contributed by atoms with Crippen LogP contribution in [0.25, 0.3) is 21.8 Å². The van der Waals surface area contributed by atoms with Crippen LogP contribution in [-0.2, 0) is 15.4 Å². The summed E-state index contributed by atoms with van der Waals surface area (Å²) in [5.41, 5.74) is 1.21. The first-order valence-corrected chi connectivity index (χ1v) is 14.8. The number of benzene rings is 1. The number of nitrogens with one attached hydrogen (secondary N) is 1. The lowest BCUT2D eigenvalue weighted by molar-refractivity contribution is 0.137. The highest BCUT2D eigenvalue weighted by molar-refractivity contribution is 7.92. The van der Waals surface area contributed by atoms with Crippen molar-refractivity contribution in [2.45, 2.75) is 65.3 Å². The van der Waals surface area contributed by atoms with E-state index < -0.39 is 15.8 Å². The molecule has 4 rings (SSSR count). The lowest BCUT2D eigenvalue weighted by Crippen LogP contribution is -2.43. The maximum Gasteiger partial charge on any atom is 0.232 e. The van der Waals surface area contributed by atoms with Crippen LogP contribution in [0.3, 0.4) is 0 Å². The topological polar surface area (TPSA) is 88.1 Å². The van der Waals surface area contributed by atoms with Gasteiger partial charge in [-0.25, -0.2) is 27.8 Å². The highest BCUT2D eigenvalue weighted by atomic mass is 32.2. The molecule has 194 valence electrons. The van der Waals surface area contributed by atoms with E-state index >= 15 is 4.39 Å². The van der Waals surface area contributed by atoms with Gasteiger partial charge in [-0.1, -0.05) is 19.9 Å². The van der Waals surface area contributed by atoms with E-state index in [0.29, 0.717) is 29.7 Å². The zero-order chi connectivity index (χ0) is 26.1. The second-order valence-electron chi connectivity index (χ2n) is 9.96. The predicted octanol–water partition coefficient (Wildman–Crippen LogP) is 5.63. The molecule has 0 aliphatic carbocycles. The molecular formula is C26H34FN5O2S2. The van der Waals surface area contributed by atoms with E-state index in [1.807, 2.05) is 13.0 Å². The molecule has 10 heteroatoms. The molecule has 0 radical (unpaired) electrons. The highest BCUT2D eigenvalue weighted by Gasteiger charge is 2.36. The third-order valence-corrected chi connectivity index (χ3v) is 9.64. The minimum atomic E-state index is -3.64. The van der Waals surface area contributed by atoms with Crippen molar-refractivity contribution in [3.8, 4) is 21.8 Å². The van der Waals surface area contributed by atoms with Crippen LogP contribution in [0, 0.1) is 12.7 Å². The van der Waals surface area contributed by atoms with Crippen molar-refractivity contribution in [1.82, 2.24) is 19.9 Å². The minimum absolute atomic E-state index is 0.0724. The van der Waals surface area contributed by atoms with Gasteiger partial charge in [0.05, 0.1) is 32.7 Å². The number of rotatable bonds is 8. The van der Waals surface area contributed by atoms with Crippen LogP contribution in [0.4, 0.5) is 10.1 Å². The zero-order valence-corrected chi connectivity index (χ0v) is 23.1. The van der Waals surface area contributed by atoms with Gasteiger partial charge in [0.1, 0.15) is 5.82 Å². The largest absolute Gasteiger partial charge is 0.301 e. The van der Waals surface area contributed by atoms with Gasteiger partial charge in [0.2, 0.25) is 10.0 Å². The summed E-state index contributed by atoms with van der Waals surface area (Å²) < 4.78 is 42.9. The average Bonchev–Trinajstić information content (AvgIpc) is 3.27. The number of hydrogen-bond acceptors (Lipinski definition) is 7. The van der Waals surface area contributed by atoms with Gasteiger partial charge < -0.3 is 4.90 Å². The molecule has 0 unspecified atom stereocenters.